The molecule has 4 rings (SSSR count). The van der Waals surface area contributed by atoms with Gasteiger partial charge in [-0.2, -0.15) is 13.2 Å². The predicted molar refractivity (Wildman–Crippen MR) is 123 cm³/mol. The van der Waals surface area contributed by atoms with Crippen LogP contribution in [0.15, 0.2) is 53.7 Å². The van der Waals surface area contributed by atoms with Crippen molar-refractivity contribution in [3.05, 3.63) is 54.4 Å². The van der Waals surface area contributed by atoms with Crippen LogP contribution in [-0.4, -0.2) is 30.0 Å². The number of aromatic nitrogens is 1. The molecule has 0 spiro atoms. The van der Waals surface area contributed by atoms with E-state index in [1.54, 1.807) is 14.0 Å². The van der Waals surface area contributed by atoms with Crippen molar-refractivity contribution in [1.29, 1.82) is 0 Å². The van der Waals surface area contributed by atoms with Gasteiger partial charge in [-0.15, -0.1) is 0 Å². The van der Waals surface area contributed by atoms with Gasteiger partial charge in [-0.05, 0) is 68.4 Å². The van der Waals surface area contributed by atoms with E-state index in [4.69, 9.17) is 0 Å². The fourth-order valence-corrected chi connectivity index (χ4v) is 5.48. The lowest BCUT2D eigenvalue weighted by atomic mass is 9.87. The molecule has 3 amide bonds. The summed E-state index contributed by atoms with van der Waals surface area (Å²) in [5.41, 5.74) is -4.62. The van der Waals surface area contributed by atoms with Gasteiger partial charge < -0.3 is 10.6 Å². The Morgan fingerprint density at radius 3 is 2.26 bits per heavy atom. The molecule has 2 atom stereocenters. The van der Waals surface area contributed by atoms with Gasteiger partial charge in [-0.1, -0.05) is 6.42 Å². The van der Waals surface area contributed by atoms with Gasteiger partial charge in [0, 0.05) is 29.9 Å². The summed E-state index contributed by atoms with van der Waals surface area (Å²) < 4.78 is 40.1. The van der Waals surface area contributed by atoms with Crippen molar-refractivity contribution in [2.75, 3.05) is 11.9 Å². The molecule has 2 aliphatic rings. The molecule has 1 saturated carbocycles. The second kappa shape index (κ2) is 9.58. The van der Waals surface area contributed by atoms with Crippen LogP contribution in [-0.2, 0) is 4.79 Å². The average Bonchev–Trinajstić information content (AvgIpc) is 3.03. The third-order valence-corrected chi connectivity index (χ3v) is 7.36. The topological polar surface area (TPSA) is 65.3 Å². The van der Waals surface area contributed by atoms with Gasteiger partial charge in [-0.3, -0.25) is 4.79 Å². The Bertz CT molecular complexity index is 1040. The lowest BCUT2D eigenvalue weighted by molar-refractivity contribution is -0.725. The van der Waals surface area contributed by atoms with E-state index < -0.39 is 29.0 Å². The number of carbonyl (C=O) groups excluding carboxylic acids is 2. The van der Waals surface area contributed by atoms with Crippen LogP contribution < -0.4 is 20.1 Å². The molecule has 2 fully saturated rings. The van der Waals surface area contributed by atoms with Gasteiger partial charge >= 0.3 is 11.5 Å². The van der Waals surface area contributed by atoms with E-state index in [1.165, 1.54) is 43.5 Å². The molecule has 2 unspecified atom stereocenters. The van der Waals surface area contributed by atoms with Crippen LogP contribution in [0.2, 0.25) is 0 Å². The number of urea groups is 1. The van der Waals surface area contributed by atoms with E-state index in [0.717, 1.165) is 23.3 Å². The number of likely N-dealkylation sites (N-methyl/N-ethyl adjacent to an activating group) is 1. The van der Waals surface area contributed by atoms with Crippen LogP contribution in [0.1, 0.15) is 56.7 Å². The zero-order valence-corrected chi connectivity index (χ0v) is 19.9. The van der Waals surface area contributed by atoms with Crippen LogP contribution in [0.3, 0.4) is 0 Å². The first kappa shape index (κ1) is 24.5. The molecule has 1 aliphatic carbocycles. The maximum absolute atomic E-state index is 13.5. The fraction of sp³-hybridized carbons (Fsp3) is 0.458. The summed E-state index contributed by atoms with van der Waals surface area (Å²) >= 11 is -0.246. The molecular weight excluding hydrogens is 465 g/mol. The highest BCUT2D eigenvalue weighted by Gasteiger charge is 2.53. The van der Waals surface area contributed by atoms with Crippen molar-refractivity contribution < 1.29 is 27.3 Å². The number of halogens is 3. The Morgan fingerprint density at radius 2 is 1.71 bits per heavy atom. The van der Waals surface area contributed by atoms with E-state index in [1.807, 2.05) is 24.5 Å². The first-order valence-electron chi connectivity index (χ1n) is 11.3. The smallest absolute Gasteiger partial charge is 0.321 e. The van der Waals surface area contributed by atoms with Crippen molar-refractivity contribution in [3.63, 3.8) is 0 Å². The molecule has 2 aromatic rings. The number of alkyl halides is 3. The largest absolute Gasteiger partial charge is 0.446 e. The standard InChI is InChI=1S/C24H27F3N4O2S/c1-23(20(28-2)16-12-14-30(15-13-16)17-6-4-3-5-7-17)21(32)31(22(33)29-23)18-8-10-19(11-9-18)34-24(25,26)27/h8-15,17,20,28H,3-7H2,1-2H3/p+1. The number of amides is 3. The third-order valence-electron chi connectivity index (χ3n) is 6.62. The second-order valence-electron chi connectivity index (χ2n) is 8.91. The number of nitrogens with one attached hydrogen (secondary N) is 2. The summed E-state index contributed by atoms with van der Waals surface area (Å²) in [6, 6.07) is 8.49. The van der Waals surface area contributed by atoms with Crippen molar-refractivity contribution in [2.45, 2.75) is 67.1 Å². The highest BCUT2D eigenvalue weighted by molar-refractivity contribution is 8.00. The average molecular weight is 494 g/mol. The molecule has 10 heteroatoms. The number of carbonyl (C=O) groups is 2. The van der Waals surface area contributed by atoms with E-state index in [-0.39, 0.29) is 22.3 Å². The van der Waals surface area contributed by atoms with Crippen LogP contribution in [0, 0.1) is 0 Å². The Hall–Kier alpha value is -2.59. The summed E-state index contributed by atoms with van der Waals surface area (Å²) in [6.45, 7) is 1.66. The molecular formula is C24H28F3N4O2S+. The normalized spacial score (nSPS) is 22.7. The summed E-state index contributed by atoms with van der Waals surface area (Å²) in [7, 11) is 1.73. The Kier molecular flexibility index (Phi) is 6.91. The van der Waals surface area contributed by atoms with Crippen molar-refractivity contribution >= 4 is 29.4 Å². The highest BCUT2D eigenvalue weighted by atomic mass is 32.2. The molecule has 1 aliphatic heterocycles. The number of rotatable bonds is 6. The minimum absolute atomic E-state index is 0.0188. The summed E-state index contributed by atoms with van der Waals surface area (Å²) in [4.78, 5) is 27.2. The van der Waals surface area contributed by atoms with Gasteiger partial charge in [0.05, 0.1) is 11.7 Å². The molecule has 0 radical (unpaired) electrons. The molecule has 6 nitrogen and oxygen atoms in total. The molecule has 34 heavy (non-hydrogen) atoms. The molecule has 2 N–H and O–H groups in total. The van der Waals surface area contributed by atoms with Gasteiger partial charge in [0.1, 0.15) is 5.54 Å². The fourth-order valence-electron chi connectivity index (χ4n) is 4.94. The lowest BCUT2D eigenvalue weighted by Crippen LogP contribution is -2.53. The minimum atomic E-state index is -4.41. The van der Waals surface area contributed by atoms with Crippen molar-refractivity contribution in [1.82, 2.24) is 10.6 Å². The predicted octanol–water partition coefficient (Wildman–Crippen LogP) is 4.87. The zero-order chi connectivity index (χ0) is 24.5. The van der Waals surface area contributed by atoms with Crippen molar-refractivity contribution in [3.8, 4) is 0 Å². The van der Waals surface area contributed by atoms with Gasteiger partial charge in [0.2, 0.25) is 0 Å². The van der Waals surface area contributed by atoms with Crippen LogP contribution in [0.25, 0.3) is 0 Å². The summed E-state index contributed by atoms with van der Waals surface area (Å²) in [5.74, 6) is -0.475. The Labute approximate surface area is 200 Å². The van der Waals surface area contributed by atoms with E-state index >= 15 is 0 Å². The number of hydrogen-bond acceptors (Lipinski definition) is 4. The highest BCUT2D eigenvalue weighted by Crippen LogP contribution is 2.39. The first-order chi connectivity index (χ1) is 16.1. The maximum Gasteiger partial charge on any atom is 0.446 e. The maximum atomic E-state index is 13.5. The number of anilines is 1. The van der Waals surface area contributed by atoms with E-state index in [0.29, 0.717) is 6.04 Å². The monoisotopic (exact) mass is 493 g/mol. The zero-order valence-electron chi connectivity index (χ0n) is 19.1. The van der Waals surface area contributed by atoms with Crippen molar-refractivity contribution in [2.24, 2.45) is 0 Å². The molecule has 2 heterocycles. The van der Waals surface area contributed by atoms with E-state index in [2.05, 4.69) is 15.2 Å². The van der Waals surface area contributed by atoms with Crippen LogP contribution in [0.4, 0.5) is 23.7 Å². The molecule has 1 aromatic carbocycles. The number of imide groups is 1. The second-order valence-corrected chi connectivity index (χ2v) is 10.0. The van der Waals surface area contributed by atoms with Gasteiger partial charge in [-0.25, -0.2) is 14.3 Å². The summed E-state index contributed by atoms with van der Waals surface area (Å²) in [5, 5.41) is 5.95. The number of pyridine rings is 1. The minimum Gasteiger partial charge on any atom is -0.321 e. The number of hydrogen-bond donors (Lipinski definition) is 2. The number of thioether (sulfide) groups is 1. The quantitative estimate of drug-likeness (QED) is 0.343. The SMILES string of the molecule is CNC(c1cc[n+](C2CCCCC2)cc1)C1(C)NC(=O)N(c2ccc(SC(F)(F)F)cc2)C1=O. The first-order valence-corrected chi connectivity index (χ1v) is 12.1. The number of benzene rings is 1. The van der Waals surface area contributed by atoms with E-state index in [9.17, 15) is 22.8 Å². The molecule has 0 bridgehead atoms. The Morgan fingerprint density at radius 1 is 1.09 bits per heavy atom. The Balaban J connectivity index is 1.55. The number of nitrogens with zero attached hydrogens (tertiary/aromatic N) is 2. The van der Waals surface area contributed by atoms with Gasteiger partial charge in [0.25, 0.3) is 5.91 Å². The van der Waals surface area contributed by atoms with Crippen LogP contribution in [0.5, 0.6) is 0 Å². The lowest BCUT2D eigenvalue weighted by Gasteiger charge is -2.31. The molecule has 1 saturated heterocycles. The molecule has 1 aromatic heterocycles. The molecule has 182 valence electrons. The van der Waals surface area contributed by atoms with Gasteiger partial charge in [0.15, 0.2) is 18.4 Å². The third kappa shape index (κ3) is 4.93. The van der Waals surface area contributed by atoms with Crippen LogP contribution >= 0.6 is 11.8 Å². The summed E-state index contributed by atoms with van der Waals surface area (Å²) in [6.07, 6.45) is 10.1.